The molecular weight excluding hydrogens is 356 g/mol. The Kier molecular flexibility index (Phi) is 5.02. The molecule has 8 heteroatoms. The summed E-state index contributed by atoms with van der Waals surface area (Å²) in [6, 6.07) is 5.75. The number of fused-ring (bicyclic) bond motifs is 1. The van der Waals surface area contributed by atoms with Gasteiger partial charge in [0.05, 0.1) is 17.2 Å². The van der Waals surface area contributed by atoms with Gasteiger partial charge in [-0.2, -0.15) is 0 Å². The minimum atomic E-state index is -0.239. The molecule has 1 fully saturated rings. The van der Waals surface area contributed by atoms with E-state index in [1.807, 2.05) is 18.2 Å². The zero-order chi connectivity index (χ0) is 19.7. The summed E-state index contributed by atoms with van der Waals surface area (Å²) >= 11 is 0. The predicted octanol–water partition coefficient (Wildman–Crippen LogP) is 1.98. The van der Waals surface area contributed by atoms with Crippen LogP contribution in [0, 0.1) is 5.92 Å². The Balaban J connectivity index is 1.40. The quantitative estimate of drug-likeness (QED) is 0.731. The van der Waals surface area contributed by atoms with Crippen LogP contribution in [0.25, 0.3) is 11.0 Å². The topological polar surface area (TPSA) is 86.7 Å². The van der Waals surface area contributed by atoms with E-state index in [0.717, 1.165) is 23.1 Å². The lowest BCUT2D eigenvalue weighted by Gasteiger charge is -2.20. The molecule has 1 aromatic carbocycles. The molecule has 148 valence electrons. The molecule has 3 aromatic rings. The van der Waals surface area contributed by atoms with Gasteiger partial charge in [-0.3, -0.25) is 18.6 Å². The number of rotatable bonds is 5. The third kappa shape index (κ3) is 3.58. The van der Waals surface area contributed by atoms with Gasteiger partial charge in [-0.15, -0.1) is 5.10 Å². The zero-order valence-electron chi connectivity index (χ0n) is 16.4. The predicted molar refractivity (Wildman–Crippen MR) is 106 cm³/mol. The summed E-state index contributed by atoms with van der Waals surface area (Å²) < 4.78 is 5.01. The van der Waals surface area contributed by atoms with Gasteiger partial charge in [0.15, 0.2) is 5.69 Å². The summed E-state index contributed by atoms with van der Waals surface area (Å²) in [6.45, 7) is 1.20. The fraction of sp³-hybridized carbons (Fsp3) is 0.500. The zero-order valence-corrected chi connectivity index (χ0v) is 16.4. The molecule has 4 rings (SSSR count). The van der Waals surface area contributed by atoms with E-state index in [2.05, 4.69) is 15.6 Å². The van der Waals surface area contributed by atoms with Crippen LogP contribution in [-0.2, 0) is 27.2 Å². The molecule has 0 bridgehead atoms. The van der Waals surface area contributed by atoms with Crippen molar-refractivity contribution >= 4 is 16.9 Å². The van der Waals surface area contributed by atoms with Gasteiger partial charge in [0.1, 0.15) is 0 Å². The van der Waals surface area contributed by atoms with Crippen LogP contribution in [0.15, 0.2) is 29.2 Å². The van der Waals surface area contributed by atoms with Crippen LogP contribution in [0.2, 0.25) is 0 Å². The normalized spacial score (nSPS) is 15.2. The Morgan fingerprint density at radius 1 is 1.14 bits per heavy atom. The van der Waals surface area contributed by atoms with Gasteiger partial charge in [-0.05, 0) is 36.5 Å². The molecule has 0 atom stereocenters. The number of hydrogen-bond acceptors (Lipinski definition) is 4. The molecule has 0 spiro atoms. The summed E-state index contributed by atoms with van der Waals surface area (Å²) in [5, 5.41) is 11.0. The summed E-state index contributed by atoms with van der Waals surface area (Å²) in [5.41, 5.74) is 2.91. The van der Waals surface area contributed by atoms with Crippen LogP contribution in [0.1, 0.15) is 48.2 Å². The molecule has 1 aliphatic carbocycles. The monoisotopic (exact) mass is 382 g/mol. The molecule has 0 saturated heterocycles. The average molecular weight is 382 g/mol. The molecule has 0 unspecified atom stereocenters. The third-order valence-electron chi connectivity index (χ3n) is 5.73. The molecule has 0 aliphatic heterocycles. The van der Waals surface area contributed by atoms with Crippen LogP contribution < -0.4 is 11.0 Å². The van der Waals surface area contributed by atoms with Crippen molar-refractivity contribution in [2.24, 2.45) is 20.0 Å². The number of benzene rings is 1. The van der Waals surface area contributed by atoms with Gasteiger partial charge in [0.25, 0.3) is 5.91 Å². The van der Waals surface area contributed by atoms with Crippen LogP contribution in [0.4, 0.5) is 0 Å². The number of nitrogens with zero attached hydrogens (tertiary/aromatic N) is 5. The van der Waals surface area contributed by atoms with Gasteiger partial charge >= 0.3 is 5.69 Å². The standard InChI is InChI=1S/C20H26N6O2/c1-24-17-9-8-15(10-18(17)25(2)20(24)28)11-21-19(27)16-13-26(23-22-16)12-14-6-4-3-5-7-14/h8-10,13-14H,3-7,11-12H2,1-2H3,(H,21,27). The van der Waals surface area contributed by atoms with E-state index in [1.165, 1.54) is 32.1 Å². The molecule has 2 aromatic heterocycles. The second-order valence-electron chi connectivity index (χ2n) is 7.74. The molecule has 28 heavy (non-hydrogen) atoms. The third-order valence-corrected chi connectivity index (χ3v) is 5.73. The van der Waals surface area contributed by atoms with E-state index >= 15 is 0 Å². The van der Waals surface area contributed by atoms with Gasteiger partial charge in [-0.1, -0.05) is 30.5 Å². The Hall–Kier alpha value is -2.90. The molecule has 8 nitrogen and oxygen atoms in total. The van der Waals surface area contributed by atoms with Crippen molar-refractivity contribution in [2.45, 2.75) is 45.2 Å². The SMILES string of the molecule is Cn1c(=O)n(C)c2cc(CNC(=O)c3cn(CC4CCCCC4)nn3)ccc21. The van der Waals surface area contributed by atoms with E-state index < -0.39 is 0 Å². The number of carbonyl (C=O) groups is 1. The van der Waals surface area contributed by atoms with Crippen molar-refractivity contribution < 1.29 is 4.79 Å². The largest absolute Gasteiger partial charge is 0.347 e. The summed E-state index contributed by atoms with van der Waals surface area (Å²) in [6.07, 6.45) is 8.07. The van der Waals surface area contributed by atoms with Gasteiger partial charge in [-0.25, -0.2) is 4.79 Å². The molecule has 1 saturated carbocycles. The Morgan fingerprint density at radius 3 is 2.68 bits per heavy atom. The summed E-state index contributed by atoms with van der Waals surface area (Å²) in [4.78, 5) is 24.5. The summed E-state index contributed by atoms with van der Waals surface area (Å²) in [7, 11) is 3.50. The van der Waals surface area contributed by atoms with Crippen molar-refractivity contribution in [3.8, 4) is 0 Å². The van der Waals surface area contributed by atoms with Crippen molar-refractivity contribution in [1.29, 1.82) is 0 Å². The first kappa shape index (κ1) is 18.5. The maximum atomic E-state index is 12.4. The molecule has 2 heterocycles. The Bertz CT molecular complexity index is 1050. The molecule has 0 radical (unpaired) electrons. The highest BCUT2D eigenvalue weighted by molar-refractivity contribution is 5.91. The molecule has 1 amide bonds. The van der Waals surface area contributed by atoms with Crippen molar-refractivity contribution in [3.63, 3.8) is 0 Å². The highest BCUT2D eigenvalue weighted by Gasteiger charge is 2.17. The fourth-order valence-corrected chi connectivity index (χ4v) is 4.06. The number of aryl methyl sites for hydroxylation is 2. The lowest BCUT2D eigenvalue weighted by Crippen LogP contribution is -2.23. The number of nitrogens with one attached hydrogen (secondary N) is 1. The Labute approximate surface area is 163 Å². The number of amides is 1. The van der Waals surface area contributed by atoms with E-state index in [0.29, 0.717) is 18.2 Å². The lowest BCUT2D eigenvalue weighted by atomic mass is 9.89. The van der Waals surface area contributed by atoms with Crippen LogP contribution >= 0.6 is 0 Å². The highest BCUT2D eigenvalue weighted by Crippen LogP contribution is 2.24. The second-order valence-corrected chi connectivity index (χ2v) is 7.74. The second kappa shape index (κ2) is 7.61. The fourth-order valence-electron chi connectivity index (χ4n) is 4.06. The minimum Gasteiger partial charge on any atom is -0.347 e. The van der Waals surface area contributed by atoms with Crippen LogP contribution in [0.3, 0.4) is 0 Å². The molecule has 1 aliphatic rings. The van der Waals surface area contributed by atoms with E-state index in [4.69, 9.17) is 0 Å². The minimum absolute atomic E-state index is 0.0641. The van der Waals surface area contributed by atoms with Crippen molar-refractivity contribution in [1.82, 2.24) is 29.4 Å². The number of carbonyl (C=O) groups excluding carboxylic acids is 1. The van der Waals surface area contributed by atoms with Gasteiger partial charge in [0.2, 0.25) is 0 Å². The summed E-state index contributed by atoms with van der Waals surface area (Å²) in [5.74, 6) is 0.396. The smallest absolute Gasteiger partial charge is 0.328 e. The van der Waals surface area contributed by atoms with Gasteiger partial charge < -0.3 is 5.32 Å². The van der Waals surface area contributed by atoms with Crippen LogP contribution in [0.5, 0.6) is 0 Å². The van der Waals surface area contributed by atoms with E-state index in [9.17, 15) is 9.59 Å². The first-order valence-corrected chi connectivity index (χ1v) is 9.85. The highest BCUT2D eigenvalue weighted by atomic mass is 16.2. The first-order chi connectivity index (χ1) is 13.5. The molecule has 1 N–H and O–H groups in total. The van der Waals surface area contributed by atoms with Crippen molar-refractivity contribution in [2.75, 3.05) is 0 Å². The van der Waals surface area contributed by atoms with E-state index in [-0.39, 0.29) is 11.6 Å². The lowest BCUT2D eigenvalue weighted by molar-refractivity contribution is 0.0946. The number of imidazole rings is 1. The maximum Gasteiger partial charge on any atom is 0.328 e. The first-order valence-electron chi connectivity index (χ1n) is 9.85. The van der Waals surface area contributed by atoms with Crippen molar-refractivity contribution in [3.05, 3.63) is 46.1 Å². The molecular formula is C20H26N6O2. The van der Waals surface area contributed by atoms with E-state index in [1.54, 1.807) is 34.1 Å². The van der Waals surface area contributed by atoms with Crippen LogP contribution in [-0.4, -0.2) is 30.0 Å². The Morgan fingerprint density at radius 2 is 1.89 bits per heavy atom. The van der Waals surface area contributed by atoms with Gasteiger partial charge in [0, 0.05) is 27.2 Å². The number of aromatic nitrogens is 5. The maximum absolute atomic E-state index is 12.4. The number of hydrogen-bond donors (Lipinski definition) is 1. The average Bonchev–Trinajstić information content (AvgIpc) is 3.26.